The largest absolute Gasteiger partial charge is 0.497 e. The number of anilines is 2. The predicted octanol–water partition coefficient (Wildman–Crippen LogP) is 2.72. The van der Waals surface area contributed by atoms with Crippen LogP contribution in [0.4, 0.5) is 11.5 Å². The molecular formula is C23H29N5O4S. The Balaban J connectivity index is 1.23. The number of carbonyl (C=O) groups excluding carboxylic acids is 2. The second-order valence-corrected chi connectivity index (χ2v) is 9.21. The summed E-state index contributed by atoms with van der Waals surface area (Å²) in [6, 6.07) is 9.42. The van der Waals surface area contributed by atoms with E-state index in [0.717, 1.165) is 44.6 Å². The van der Waals surface area contributed by atoms with Gasteiger partial charge in [-0.3, -0.25) is 9.59 Å². The van der Waals surface area contributed by atoms with Gasteiger partial charge in [-0.25, -0.2) is 0 Å². The SMILES string of the molecule is COc1cc(NC(=O)CSc2ccc(N3CCC(C(=O)NC4CC4)CC3)nn2)cc(OC)c1. The van der Waals surface area contributed by atoms with E-state index in [1.807, 2.05) is 12.1 Å². The summed E-state index contributed by atoms with van der Waals surface area (Å²) >= 11 is 1.32. The minimum absolute atomic E-state index is 0.0905. The summed E-state index contributed by atoms with van der Waals surface area (Å²) in [6.45, 7) is 1.58. The van der Waals surface area contributed by atoms with E-state index in [0.29, 0.717) is 28.3 Å². The zero-order chi connectivity index (χ0) is 23.2. The first-order valence-electron chi connectivity index (χ1n) is 11.1. The lowest BCUT2D eigenvalue weighted by atomic mass is 9.96. The van der Waals surface area contributed by atoms with Crippen LogP contribution in [-0.2, 0) is 9.59 Å². The zero-order valence-corrected chi connectivity index (χ0v) is 19.7. The summed E-state index contributed by atoms with van der Waals surface area (Å²) in [4.78, 5) is 26.7. The molecule has 0 bridgehead atoms. The van der Waals surface area contributed by atoms with Crippen molar-refractivity contribution in [3.05, 3.63) is 30.3 Å². The number of piperidine rings is 1. The van der Waals surface area contributed by atoms with Gasteiger partial charge in [-0.2, -0.15) is 0 Å². The molecule has 0 atom stereocenters. The van der Waals surface area contributed by atoms with Crippen LogP contribution in [0.1, 0.15) is 25.7 Å². The highest BCUT2D eigenvalue weighted by Gasteiger charge is 2.30. The fraction of sp³-hybridized carbons (Fsp3) is 0.478. The number of benzene rings is 1. The number of methoxy groups -OCH3 is 2. The molecule has 1 saturated carbocycles. The minimum Gasteiger partial charge on any atom is -0.497 e. The number of hydrogen-bond acceptors (Lipinski definition) is 8. The molecule has 1 aromatic carbocycles. The lowest BCUT2D eigenvalue weighted by molar-refractivity contribution is -0.125. The molecule has 176 valence electrons. The molecule has 2 amide bonds. The standard InChI is InChI=1S/C23H29N5O4S/c1-31-18-11-17(12-19(13-18)32-2)24-21(29)14-33-22-6-5-20(26-27-22)28-9-7-15(8-10-28)23(30)25-16-3-4-16/h5-6,11-13,15-16H,3-4,7-10,14H2,1-2H3,(H,24,29)(H,25,30). The van der Waals surface area contributed by atoms with Gasteiger partial charge in [0, 0.05) is 48.9 Å². The molecule has 1 saturated heterocycles. The maximum Gasteiger partial charge on any atom is 0.234 e. The molecule has 9 nitrogen and oxygen atoms in total. The fourth-order valence-electron chi connectivity index (χ4n) is 3.69. The number of amides is 2. The van der Waals surface area contributed by atoms with Gasteiger partial charge in [-0.05, 0) is 37.8 Å². The zero-order valence-electron chi connectivity index (χ0n) is 18.9. The summed E-state index contributed by atoms with van der Waals surface area (Å²) < 4.78 is 10.5. The van der Waals surface area contributed by atoms with Gasteiger partial charge in [-0.15, -0.1) is 10.2 Å². The van der Waals surface area contributed by atoms with Crippen LogP contribution < -0.4 is 25.0 Å². The lowest BCUT2D eigenvalue weighted by Gasteiger charge is -2.31. The van der Waals surface area contributed by atoms with Crippen molar-refractivity contribution >= 4 is 35.1 Å². The number of ether oxygens (including phenoxy) is 2. The molecule has 4 rings (SSSR count). The molecule has 2 aromatic rings. The molecule has 1 aliphatic heterocycles. The summed E-state index contributed by atoms with van der Waals surface area (Å²) in [6.07, 6.45) is 3.88. The number of thioether (sulfide) groups is 1. The number of carbonyl (C=O) groups is 2. The number of hydrogen-bond donors (Lipinski definition) is 2. The molecule has 0 unspecified atom stereocenters. The van der Waals surface area contributed by atoms with Crippen LogP contribution in [0.5, 0.6) is 11.5 Å². The number of aromatic nitrogens is 2. The first-order chi connectivity index (χ1) is 16.0. The summed E-state index contributed by atoms with van der Waals surface area (Å²) in [5.41, 5.74) is 0.604. The van der Waals surface area contributed by atoms with Crippen LogP contribution in [0.25, 0.3) is 0 Å². The van der Waals surface area contributed by atoms with Crippen molar-refractivity contribution in [3.63, 3.8) is 0 Å². The van der Waals surface area contributed by atoms with Crippen molar-refractivity contribution in [3.8, 4) is 11.5 Å². The van der Waals surface area contributed by atoms with Gasteiger partial charge in [0.1, 0.15) is 16.5 Å². The van der Waals surface area contributed by atoms with Crippen LogP contribution in [0, 0.1) is 5.92 Å². The van der Waals surface area contributed by atoms with E-state index in [2.05, 4.69) is 25.7 Å². The number of nitrogens with zero attached hydrogens (tertiary/aromatic N) is 3. The summed E-state index contributed by atoms with van der Waals surface area (Å²) in [5, 5.41) is 15.2. The van der Waals surface area contributed by atoms with Crippen LogP contribution in [0.2, 0.25) is 0 Å². The van der Waals surface area contributed by atoms with E-state index in [1.54, 1.807) is 32.4 Å². The van der Waals surface area contributed by atoms with Crippen LogP contribution in [0.3, 0.4) is 0 Å². The molecule has 1 aliphatic carbocycles. The van der Waals surface area contributed by atoms with Crippen LogP contribution >= 0.6 is 11.8 Å². The summed E-state index contributed by atoms with van der Waals surface area (Å²) in [5.74, 6) is 2.33. The highest BCUT2D eigenvalue weighted by atomic mass is 32.2. The highest BCUT2D eigenvalue weighted by molar-refractivity contribution is 7.99. The Hall–Kier alpha value is -3.01. The molecule has 1 aromatic heterocycles. The van der Waals surface area contributed by atoms with E-state index < -0.39 is 0 Å². The Morgan fingerprint density at radius 2 is 1.73 bits per heavy atom. The third kappa shape index (κ3) is 6.50. The van der Waals surface area contributed by atoms with Crippen molar-refractivity contribution < 1.29 is 19.1 Å². The quantitative estimate of drug-likeness (QED) is 0.538. The topological polar surface area (TPSA) is 106 Å². The van der Waals surface area contributed by atoms with Gasteiger partial charge in [-0.1, -0.05) is 11.8 Å². The summed E-state index contributed by atoms with van der Waals surface area (Å²) in [7, 11) is 3.12. The van der Waals surface area contributed by atoms with Gasteiger partial charge >= 0.3 is 0 Å². The van der Waals surface area contributed by atoms with Crippen molar-refractivity contribution in [2.45, 2.75) is 36.8 Å². The number of rotatable bonds is 9. The Labute approximate surface area is 197 Å². The van der Waals surface area contributed by atoms with E-state index in [1.165, 1.54) is 11.8 Å². The fourth-order valence-corrected chi connectivity index (χ4v) is 4.31. The monoisotopic (exact) mass is 471 g/mol. The molecular weight excluding hydrogens is 442 g/mol. The molecule has 2 N–H and O–H groups in total. The molecule has 0 spiro atoms. The van der Waals surface area contributed by atoms with Gasteiger partial charge < -0.3 is 25.0 Å². The maximum absolute atomic E-state index is 12.4. The van der Waals surface area contributed by atoms with E-state index in [9.17, 15) is 9.59 Å². The predicted molar refractivity (Wildman–Crippen MR) is 127 cm³/mol. The minimum atomic E-state index is -0.160. The van der Waals surface area contributed by atoms with E-state index in [4.69, 9.17) is 9.47 Å². The molecule has 33 heavy (non-hydrogen) atoms. The Bertz CT molecular complexity index is 953. The normalized spacial score (nSPS) is 16.2. The highest BCUT2D eigenvalue weighted by Crippen LogP contribution is 2.27. The molecule has 10 heteroatoms. The third-order valence-electron chi connectivity index (χ3n) is 5.73. The van der Waals surface area contributed by atoms with Crippen molar-refractivity contribution in [1.29, 1.82) is 0 Å². The van der Waals surface area contributed by atoms with Gasteiger partial charge in [0.05, 0.1) is 20.0 Å². The van der Waals surface area contributed by atoms with Crippen LogP contribution in [0.15, 0.2) is 35.4 Å². The Kier molecular flexibility index (Phi) is 7.54. The van der Waals surface area contributed by atoms with Crippen LogP contribution in [-0.4, -0.2) is 61.1 Å². The second-order valence-electron chi connectivity index (χ2n) is 8.21. The number of nitrogens with one attached hydrogen (secondary N) is 2. The van der Waals surface area contributed by atoms with E-state index in [-0.39, 0.29) is 23.5 Å². The van der Waals surface area contributed by atoms with Gasteiger partial charge in [0.15, 0.2) is 5.82 Å². The average molecular weight is 472 g/mol. The molecule has 2 fully saturated rings. The van der Waals surface area contributed by atoms with E-state index >= 15 is 0 Å². The van der Waals surface area contributed by atoms with Gasteiger partial charge in [0.25, 0.3) is 0 Å². The first-order valence-corrected chi connectivity index (χ1v) is 12.1. The Morgan fingerprint density at radius 3 is 2.30 bits per heavy atom. The first kappa shape index (κ1) is 23.2. The Morgan fingerprint density at radius 1 is 1.03 bits per heavy atom. The molecule has 2 heterocycles. The third-order valence-corrected chi connectivity index (χ3v) is 6.65. The smallest absolute Gasteiger partial charge is 0.234 e. The maximum atomic E-state index is 12.4. The van der Waals surface area contributed by atoms with Crippen molar-refractivity contribution in [2.75, 3.05) is 43.3 Å². The van der Waals surface area contributed by atoms with Crippen molar-refractivity contribution in [2.24, 2.45) is 5.92 Å². The molecule has 0 radical (unpaired) electrons. The second kappa shape index (κ2) is 10.7. The average Bonchev–Trinajstić information content (AvgIpc) is 3.67. The molecule has 2 aliphatic rings. The lowest BCUT2D eigenvalue weighted by Crippen LogP contribution is -2.41. The van der Waals surface area contributed by atoms with Gasteiger partial charge in [0.2, 0.25) is 11.8 Å². The van der Waals surface area contributed by atoms with Crippen molar-refractivity contribution in [1.82, 2.24) is 15.5 Å².